The Labute approximate surface area is 163 Å². The van der Waals surface area contributed by atoms with Gasteiger partial charge in [-0.1, -0.05) is 6.58 Å². The smallest absolute Gasteiger partial charge is 0.247 e. The first-order valence-electron chi connectivity index (χ1n) is 8.24. The van der Waals surface area contributed by atoms with Gasteiger partial charge in [-0.2, -0.15) is 0 Å². The molecule has 1 amide bonds. The maximum absolute atomic E-state index is 11.7. The summed E-state index contributed by atoms with van der Waals surface area (Å²) in [6.45, 7) is 11.2. The molecule has 1 rings (SSSR count). The highest BCUT2D eigenvalue weighted by atomic mass is 16.5. The second kappa shape index (κ2) is 15.3. The number of benzene rings is 1. The molecule has 0 spiro atoms. The quantitative estimate of drug-likeness (QED) is 0.239. The first-order chi connectivity index (χ1) is 12.8. The number of nitrogens with one attached hydrogen (secondary N) is 3. The number of nitrogens with zero attached hydrogens (tertiary/aromatic N) is 2. The molecule has 0 saturated carbocycles. The van der Waals surface area contributed by atoms with E-state index in [1.807, 2.05) is 40.3 Å². The van der Waals surface area contributed by atoms with E-state index in [2.05, 4.69) is 45.9 Å². The predicted molar refractivity (Wildman–Crippen MR) is 117 cm³/mol. The molecule has 0 saturated heterocycles. The summed E-state index contributed by atoms with van der Waals surface area (Å²) < 4.78 is 5.41. The van der Waals surface area contributed by atoms with Crippen molar-refractivity contribution in [1.82, 2.24) is 4.90 Å². The van der Waals surface area contributed by atoms with Crippen molar-refractivity contribution >= 4 is 29.3 Å². The van der Waals surface area contributed by atoms with Gasteiger partial charge < -0.3 is 30.9 Å². The van der Waals surface area contributed by atoms with Crippen LogP contribution in [-0.2, 0) is 4.79 Å². The first-order valence-corrected chi connectivity index (χ1v) is 8.24. The van der Waals surface area contributed by atoms with E-state index < -0.39 is 0 Å². The molecule has 8 heteroatoms. The minimum Gasteiger partial charge on any atom is -0.495 e. The number of hydrogen-bond acceptors (Lipinski definition) is 6. The average Bonchev–Trinajstić information content (AvgIpc) is 2.67. The van der Waals surface area contributed by atoms with E-state index >= 15 is 0 Å². The second-order valence-electron chi connectivity index (χ2n) is 5.40. The molecule has 0 aliphatic rings. The van der Waals surface area contributed by atoms with Crippen molar-refractivity contribution in [3.05, 3.63) is 37.9 Å². The lowest BCUT2D eigenvalue weighted by Gasteiger charge is -2.25. The maximum Gasteiger partial charge on any atom is 0.247 e. The van der Waals surface area contributed by atoms with Crippen LogP contribution in [0.2, 0.25) is 0 Å². The number of nitrogens with two attached hydrogens (primary N) is 1. The summed E-state index contributed by atoms with van der Waals surface area (Å²) in [6.07, 6.45) is 2.01. The minimum absolute atomic E-state index is 0.241. The van der Waals surface area contributed by atoms with Gasteiger partial charge in [0.05, 0.1) is 30.5 Å². The van der Waals surface area contributed by atoms with Crippen LogP contribution in [0, 0.1) is 5.41 Å². The lowest BCUT2D eigenvalue weighted by Crippen LogP contribution is -2.29. The van der Waals surface area contributed by atoms with Crippen molar-refractivity contribution in [2.75, 3.05) is 63.9 Å². The van der Waals surface area contributed by atoms with Crippen LogP contribution < -0.4 is 26.0 Å². The highest BCUT2D eigenvalue weighted by molar-refractivity contribution is 6.02. The second-order valence-corrected chi connectivity index (χ2v) is 5.40. The molecule has 0 aliphatic heterocycles. The Morgan fingerprint density at radius 3 is 2.22 bits per heavy atom. The van der Waals surface area contributed by atoms with Crippen LogP contribution in [0.5, 0.6) is 5.75 Å². The topological polar surface area (TPSA) is 107 Å². The van der Waals surface area contributed by atoms with E-state index in [0.717, 1.165) is 42.2 Å². The van der Waals surface area contributed by atoms with Gasteiger partial charge in [-0.05, 0) is 26.2 Å². The van der Waals surface area contributed by atoms with Gasteiger partial charge in [0.2, 0.25) is 5.91 Å². The van der Waals surface area contributed by atoms with E-state index in [9.17, 15) is 4.79 Å². The molecule has 8 nitrogen and oxygen atoms in total. The van der Waals surface area contributed by atoms with Crippen LogP contribution in [0.25, 0.3) is 0 Å². The summed E-state index contributed by atoms with van der Waals surface area (Å²) >= 11 is 0. The third-order valence-corrected chi connectivity index (χ3v) is 3.32. The van der Waals surface area contributed by atoms with Gasteiger partial charge in [-0.15, -0.1) is 13.2 Å². The summed E-state index contributed by atoms with van der Waals surface area (Å²) in [6, 6.07) is 3.78. The van der Waals surface area contributed by atoms with Gasteiger partial charge in [0.1, 0.15) is 5.75 Å². The number of rotatable bonds is 8. The molecular weight excluding hydrogens is 344 g/mol. The number of ether oxygens (including phenoxy) is 1. The number of anilines is 3. The molecule has 0 aromatic heterocycles. The van der Waals surface area contributed by atoms with Crippen molar-refractivity contribution in [2.24, 2.45) is 5.73 Å². The molecule has 152 valence electrons. The van der Waals surface area contributed by atoms with Crippen molar-refractivity contribution < 1.29 is 9.53 Å². The van der Waals surface area contributed by atoms with Crippen LogP contribution in [-0.4, -0.2) is 65.5 Å². The zero-order chi connectivity index (χ0) is 21.4. The van der Waals surface area contributed by atoms with Gasteiger partial charge in [-0.3, -0.25) is 10.2 Å². The minimum atomic E-state index is -0.241. The first kappa shape index (κ1) is 26.2. The maximum atomic E-state index is 11.7. The number of hydrogen-bond donors (Lipinski definition) is 4. The molecule has 0 fully saturated rings. The largest absolute Gasteiger partial charge is 0.495 e. The normalized spacial score (nSPS) is 8.96. The van der Waals surface area contributed by atoms with Crippen molar-refractivity contribution in [2.45, 2.75) is 0 Å². The molecule has 5 N–H and O–H groups in total. The Bertz CT molecular complexity index is 590. The summed E-state index contributed by atoms with van der Waals surface area (Å²) in [7, 11) is 9.48. The summed E-state index contributed by atoms with van der Waals surface area (Å²) in [5.74, 6) is 0.486. The average molecular weight is 379 g/mol. The van der Waals surface area contributed by atoms with E-state index in [-0.39, 0.29) is 5.91 Å². The molecule has 0 aliphatic carbocycles. The Morgan fingerprint density at radius 1 is 1.26 bits per heavy atom. The van der Waals surface area contributed by atoms with E-state index in [1.54, 1.807) is 7.11 Å². The molecule has 0 radical (unpaired) electrons. The number of likely N-dealkylation sites (N-methyl/N-ethyl adjacent to an activating group) is 2. The van der Waals surface area contributed by atoms with E-state index in [1.165, 1.54) is 6.08 Å². The lowest BCUT2D eigenvalue weighted by molar-refractivity contribution is -0.111. The molecule has 0 unspecified atom stereocenters. The molecule has 1 aromatic rings. The predicted octanol–water partition coefficient (Wildman–Crippen LogP) is 2.21. The fraction of sp³-hybridized carbons (Fsp3) is 0.368. The SMILES string of the molecule is C=C.C=CC(=O)Nc1cc(NC)c(OC)cc1N(C)CCN(C)C.N=CN. The number of carbonyl (C=O) groups excluding carboxylic acids is 1. The Hall–Kier alpha value is -3.00. The number of carbonyl (C=O) groups is 1. The monoisotopic (exact) mass is 378 g/mol. The molecule has 1 aromatic carbocycles. The van der Waals surface area contributed by atoms with Gasteiger partial charge >= 0.3 is 0 Å². The highest BCUT2D eigenvalue weighted by Gasteiger charge is 2.14. The molecule has 27 heavy (non-hydrogen) atoms. The van der Waals surface area contributed by atoms with Crippen molar-refractivity contribution in [1.29, 1.82) is 5.41 Å². The summed E-state index contributed by atoms with van der Waals surface area (Å²) in [4.78, 5) is 15.9. The van der Waals surface area contributed by atoms with Crippen molar-refractivity contribution in [3.8, 4) is 5.75 Å². The molecule has 0 bridgehead atoms. The van der Waals surface area contributed by atoms with E-state index in [0.29, 0.717) is 0 Å². The third kappa shape index (κ3) is 9.91. The zero-order valence-electron chi connectivity index (χ0n) is 17.1. The summed E-state index contributed by atoms with van der Waals surface area (Å²) in [5, 5.41) is 11.8. The molecule has 0 heterocycles. The molecular formula is C19H34N6O2. The fourth-order valence-corrected chi connectivity index (χ4v) is 2.00. The Balaban J connectivity index is 0. The zero-order valence-corrected chi connectivity index (χ0v) is 17.1. The van der Waals surface area contributed by atoms with Crippen LogP contribution in [0.4, 0.5) is 17.1 Å². The van der Waals surface area contributed by atoms with Crippen LogP contribution in [0.1, 0.15) is 0 Å². The third-order valence-electron chi connectivity index (χ3n) is 3.32. The van der Waals surface area contributed by atoms with Crippen LogP contribution in [0.15, 0.2) is 37.9 Å². The van der Waals surface area contributed by atoms with Crippen LogP contribution in [0.3, 0.4) is 0 Å². The van der Waals surface area contributed by atoms with Gasteiger partial charge in [0, 0.05) is 33.3 Å². The van der Waals surface area contributed by atoms with Gasteiger partial charge in [-0.25, -0.2) is 0 Å². The van der Waals surface area contributed by atoms with Gasteiger partial charge in [0.25, 0.3) is 0 Å². The van der Waals surface area contributed by atoms with E-state index in [4.69, 9.17) is 10.1 Å². The van der Waals surface area contributed by atoms with Crippen molar-refractivity contribution in [3.63, 3.8) is 0 Å². The number of methoxy groups -OCH3 is 1. The van der Waals surface area contributed by atoms with Crippen LogP contribution >= 0.6 is 0 Å². The summed E-state index contributed by atoms with van der Waals surface area (Å²) in [5.41, 5.74) is 6.82. The standard InChI is InChI=1S/C16H26N4O2.C2H4.CH4N2/c1-7-16(21)18-12-10-13(17-2)15(22-6)11-14(12)20(5)9-8-19(3)4;1-2;2-1-3/h7,10-11,17H,1,8-9H2,2-6H3,(H,18,21);1-2H2;1H,(H3,2,3). The fourth-order valence-electron chi connectivity index (χ4n) is 2.00. The highest BCUT2D eigenvalue weighted by Crippen LogP contribution is 2.36. The lowest BCUT2D eigenvalue weighted by atomic mass is 10.2. The number of amides is 1. The van der Waals surface area contributed by atoms with Gasteiger partial charge in [0.15, 0.2) is 0 Å². The Kier molecular flexibility index (Phi) is 14.8. The Morgan fingerprint density at radius 2 is 1.81 bits per heavy atom. The molecule has 0 atom stereocenters.